The molecule has 0 saturated carbocycles. The van der Waals surface area contributed by atoms with Gasteiger partial charge in [-0.25, -0.2) is 8.42 Å². The standard InChI is InChI=1S/C26H56N.C3H8O3S/c1-5-7-9-11-13-15-17-19-21-23-25-27(3,4)26-24-22-20-18-16-14-12-10-8-6-2;1-2-3-7(4,5)6/h5-26H2,1-4H3;2-3H2,1H3,(H,4,5,6)/q+1;/p-1. The van der Waals surface area contributed by atoms with Crippen LogP contribution in [0.3, 0.4) is 0 Å². The minimum absolute atomic E-state index is 0.243. The van der Waals surface area contributed by atoms with Crippen molar-refractivity contribution in [2.75, 3.05) is 32.9 Å². The first-order valence-electron chi connectivity index (χ1n) is 14.9. The van der Waals surface area contributed by atoms with Gasteiger partial charge in [0, 0.05) is 5.75 Å². The first kappa shape index (κ1) is 36.0. The molecule has 0 heterocycles. The number of quaternary nitrogens is 1. The van der Waals surface area contributed by atoms with Crippen LogP contribution in [-0.2, 0) is 10.1 Å². The molecule has 0 atom stereocenters. The second-order valence-electron chi connectivity index (χ2n) is 11.0. The molecule has 0 bridgehead atoms. The first-order valence-corrected chi connectivity index (χ1v) is 16.5. The molecule has 0 aliphatic heterocycles. The van der Waals surface area contributed by atoms with E-state index in [0.717, 1.165) is 0 Å². The van der Waals surface area contributed by atoms with E-state index in [2.05, 4.69) is 27.9 Å². The molecule has 0 aromatic heterocycles. The van der Waals surface area contributed by atoms with Crippen LogP contribution in [0.1, 0.15) is 156 Å². The summed E-state index contributed by atoms with van der Waals surface area (Å²) < 4.78 is 30.3. The summed E-state index contributed by atoms with van der Waals surface area (Å²) in [6.45, 7) is 9.02. The zero-order valence-corrected chi connectivity index (χ0v) is 24.9. The summed E-state index contributed by atoms with van der Waals surface area (Å²) in [7, 11) is 0.968. The van der Waals surface area contributed by atoms with Crippen molar-refractivity contribution in [1.82, 2.24) is 0 Å². The highest BCUT2D eigenvalue weighted by Gasteiger charge is 2.13. The number of unbranched alkanes of at least 4 members (excludes halogenated alkanes) is 18. The first-order chi connectivity index (χ1) is 16.2. The molecule has 0 spiro atoms. The highest BCUT2D eigenvalue weighted by atomic mass is 32.2. The van der Waals surface area contributed by atoms with Gasteiger partial charge in [-0.15, -0.1) is 0 Å². The van der Waals surface area contributed by atoms with E-state index in [-0.39, 0.29) is 5.75 Å². The minimum atomic E-state index is -3.92. The van der Waals surface area contributed by atoms with Gasteiger partial charge >= 0.3 is 0 Å². The number of rotatable bonds is 24. The zero-order chi connectivity index (χ0) is 26.0. The molecule has 0 radical (unpaired) electrons. The van der Waals surface area contributed by atoms with E-state index in [4.69, 9.17) is 0 Å². The maximum Gasteiger partial charge on any atom is 0.0945 e. The Balaban J connectivity index is 0. The highest BCUT2D eigenvalue weighted by Crippen LogP contribution is 2.14. The summed E-state index contributed by atoms with van der Waals surface area (Å²) in [6.07, 6.45) is 29.4. The van der Waals surface area contributed by atoms with Crippen molar-refractivity contribution in [2.24, 2.45) is 0 Å². The Hall–Kier alpha value is -0.130. The molecule has 0 aromatic rings. The minimum Gasteiger partial charge on any atom is -0.748 e. The lowest BCUT2D eigenvalue weighted by Gasteiger charge is -2.30. The van der Waals surface area contributed by atoms with Gasteiger partial charge in [0.15, 0.2) is 0 Å². The quantitative estimate of drug-likeness (QED) is 0.0747. The fourth-order valence-corrected chi connectivity index (χ4v) is 4.92. The summed E-state index contributed by atoms with van der Waals surface area (Å²) in [5.41, 5.74) is 0. The van der Waals surface area contributed by atoms with Crippen LogP contribution in [0.25, 0.3) is 0 Å². The van der Waals surface area contributed by atoms with Gasteiger partial charge in [-0.2, -0.15) is 0 Å². The number of nitrogens with zero attached hydrogens (tertiary/aromatic N) is 1. The normalized spacial score (nSPS) is 11.9. The predicted octanol–water partition coefficient (Wildman–Crippen LogP) is 8.85. The van der Waals surface area contributed by atoms with E-state index in [1.165, 1.54) is 146 Å². The van der Waals surface area contributed by atoms with Crippen molar-refractivity contribution in [3.63, 3.8) is 0 Å². The lowest BCUT2D eigenvalue weighted by atomic mass is 10.1. The SMILES string of the molecule is CCCCCCCCCCCC[N+](C)(C)CCCCCCCCCCCC.CCCS(=O)(=O)[O-]. The maximum atomic E-state index is 9.68. The second kappa shape index (κ2) is 25.9. The van der Waals surface area contributed by atoms with E-state index < -0.39 is 10.1 Å². The molecule has 208 valence electrons. The third-order valence-corrected chi connectivity index (χ3v) is 7.60. The molecule has 0 fully saturated rings. The van der Waals surface area contributed by atoms with Gasteiger partial charge in [0.05, 0.1) is 37.3 Å². The average Bonchev–Trinajstić information content (AvgIpc) is 2.76. The molecule has 34 heavy (non-hydrogen) atoms. The van der Waals surface area contributed by atoms with Gasteiger partial charge in [-0.05, 0) is 32.1 Å². The molecule has 0 unspecified atom stereocenters. The van der Waals surface area contributed by atoms with Crippen LogP contribution in [-0.4, -0.2) is 50.4 Å². The monoisotopic (exact) mass is 505 g/mol. The molecule has 0 rings (SSSR count). The van der Waals surface area contributed by atoms with Crippen LogP contribution >= 0.6 is 0 Å². The molecule has 0 N–H and O–H groups in total. The van der Waals surface area contributed by atoms with Crippen molar-refractivity contribution in [1.29, 1.82) is 0 Å². The number of hydrogen-bond donors (Lipinski definition) is 0. The Labute approximate surface area is 216 Å². The van der Waals surface area contributed by atoms with E-state index in [1.807, 2.05) is 0 Å². The second-order valence-corrected chi connectivity index (χ2v) is 12.5. The Morgan fingerprint density at radius 2 is 0.735 bits per heavy atom. The van der Waals surface area contributed by atoms with Crippen LogP contribution in [0.4, 0.5) is 0 Å². The molecule has 0 amide bonds. The fourth-order valence-electron chi connectivity index (χ4n) is 4.42. The van der Waals surface area contributed by atoms with Crippen molar-refractivity contribution in [3.05, 3.63) is 0 Å². The van der Waals surface area contributed by atoms with Crippen molar-refractivity contribution in [3.8, 4) is 0 Å². The molecule has 0 aliphatic carbocycles. The van der Waals surface area contributed by atoms with Crippen molar-refractivity contribution < 1.29 is 17.5 Å². The molecular formula is C29H63NO3S. The highest BCUT2D eigenvalue weighted by molar-refractivity contribution is 7.85. The van der Waals surface area contributed by atoms with Gasteiger partial charge in [-0.1, -0.05) is 124 Å². The van der Waals surface area contributed by atoms with E-state index in [1.54, 1.807) is 6.92 Å². The Kier molecular flexibility index (Phi) is 27.5. The average molecular weight is 506 g/mol. The maximum absolute atomic E-state index is 9.68. The Bertz CT molecular complexity index is 466. The van der Waals surface area contributed by atoms with Gasteiger partial charge in [0.2, 0.25) is 0 Å². The third kappa shape index (κ3) is 34.0. The molecule has 0 saturated heterocycles. The lowest BCUT2D eigenvalue weighted by Crippen LogP contribution is -2.41. The molecule has 4 nitrogen and oxygen atoms in total. The van der Waals surface area contributed by atoms with Crippen molar-refractivity contribution in [2.45, 2.75) is 156 Å². The summed E-state index contributed by atoms with van der Waals surface area (Å²) in [5, 5.41) is 0. The summed E-state index contributed by atoms with van der Waals surface area (Å²) in [4.78, 5) is 0. The Morgan fingerprint density at radius 1 is 0.471 bits per heavy atom. The lowest BCUT2D eigenvalue weighted by molar-refractivity contribution is -0.890. The Morgan fingerprint density at radius 3 is 0.941 bits per heavy atom. The fraction of sp³-hybridized carbons (Fsp3) is 1.00. The molecule has 0 aromatic carbocycles. The zero-order valence-electron chi connectivity index (χ0n) is 24.1. The van der Waals surface area contributed by atoms with Crippen LogP contribution in [0, 0.1) is 0 Å². The topological polar surface area (TPSA) is 57.2 Å². The summed E-state index contributed by atoms with van der Waals surface area (Å²) in [6, 6.07) is 0. The van der Waals surface area contributed by atoms with E-state index >= 15 is 0 Å². The molecule has 0 aliphatic rings. The van der Waals surface area contributed by atoms with Gasteiger partial charge in [-0.3, -0.25) is 0 Å². The smallest absolute Gasteiger partial charge is 0.0945 e. The number of hydrogen-bond acceptors (Lipinski definition) is 3. The molecular weight excluding hydrogens is 442 g/mol. The van der Waals surface area contributed by atoms with Crippen LogP contribution in [0.2, 0.25) is 0 Å². The van der Waals surface area contributed by atoms with Gasteiger partial charge in [0.1, 0.15) is 0 Å². The third-order valence-electron chi connectivity index (χ3n) is 6.69. The van der Waals surface area contributed by atoms with Crippen LogP contribution in [0.15, 0.2) is 0 Å². The van der Waals surface area contributed by atoms with E-state index in [0.29, 0.717) is 6.42 Å². The van der Waals surface area contributed by atoms with Crippen molar-refractivity contribution >= 4 is 10.1 Å². The van der Waals surface area contributed by atoms with Gasteiger partial charge < -0.3 is 9.04 Å². The largest absolute Gasteiger partial charge is 0.748 e. The van der Waals surface area contributed by atoms with E-state index in [9.17, 15) is 13.0 Å². The van der Waals surface area contributed by atoms with Crippen LogP contribution in [0.5, 0.6) is 0 Å². The molecule has 5 heteroatoms. The van der Waals surface area contributed by atoms with Gasteiger partial charge in [0.25, 0.3) is 0 Å². The summed E-state index contributed by atoms with van der Waals surface area (Å²) >= 11 is 0. The van der Waals surface area contributed by atoms with Crippen LogP contribution < -0.4 is 0 Å². The predicted molar refractivity (Wildman–Crippen MR) is 150 cm³/mol. The summed E-state index contributed by atoms with van der Waals surface area (Å²) in [5.74, 6) is -0.243.